The number of nitrogens with one attached hydrogen (secondary N) is 1. The Hall–Kier alpha value is -1.59. The molecule has 1 aliphatic heterocycles. The summed E-state index contributed by atoms with van der Waals surface area (Å²) in [4.78, 5) is 15.1. The summed E-state index contributed by atoms with van der Waals surface area (Å²) in [6.07, 6.45) is 5.24. The highest BCUT2D eigenvalue weighted by molar-refractivity contribution is 5.97. The highest BCUT2D eigenvalue weighted by Crippen LogP contribution is 2.21. The molecule has 1 N–H and O–H groups in total. The van der Waals surface area contributed by atoms with Crippen LogP contribution in [-0.4, -0.2) is 49.3 Å². The van der Waals surface area contributed by atoms with E-state index in [1.807, 2.05) is 45.0 Å². The number of hydrogen-bond acceptors (Lipinski definition) is 4. The van der Waals surface area contributed by atoms with Crippen LogP contribution < -0.4 is 10.1 Å². The number of amides is 1. The Bertz CT molecular complexity index is 590. The second kappa shape index (κ2) is 11.4. The molecular formula is C23H38N2O3. The van der Waals surface area contributed by atoms with Crippen molar-refractivity contribution in [1.82, 2.24) is 4.90 Å². The molecule has 0 aromatic heterocycles. The van der Waals surface area contributed by atoms with Gasteiger partial charge in [0.2, 0.25) is 0 Å². The minimum atomic E-state index is -0.795. The first-order chi connectivity index (χ1) is 13.5. The molecule has 1 amide bonds. The molecule has 2 atom stereocenters. The fraction of sp³-hybridized carbons (Fsp3) is 0.696. The number of anilines is 1. The van der Waals surface area contributed by atoms with E-state index in [9.17, 15) is 4.79 Å². The molecule has 28 heavy (non-hydrogen) atoms. The maximum atomic E-state index is 12.6. The van der Waals surface area contributed by atoms with E-state index in [1.165, 1.54) is 25.9 Å². The van der Waals surface area contributed by atoms with Crippen molar-refractivity contribution in [3.8, 4) is 5.75 Å². The molecule has 1 aromatic carbocycles. The zero-order valence-electron chi connectivity index (χ0n) is 18.1. The van der Waals surface area contributed by atoms with E-state index in [2.05, 4.69) is 17.1 Å². The first-order valence-corrected chi connectivity index (χ1v) is 10.9. The van der Waals surface area contributed by atoms with Crippen molar-refractivity contribution >= 4 is 11.6 Å². The van der Waals surface area contributed by atoms with Gasteiger partial charge < -0.3 is 19.7 Å². The number of carbonyl (C=O) groups is 1. The van der Waals surface area contributed by atoms with Crippen molar-refractivity contribution in [3.63, 3.8) is 0 Å². The molecule has 2 rings (SSSR count). The predicted molar refractivity (Wildman–Crippen MR) is 115 cm³/mol. The van der Waals surface area contributed by atoms with Gasteiger partial charge in [0.1, 0.15) is 11.4 Å². The number of rotatable bonds is 11. The zero-order chi connectivity index (χ0) is 20.4. The molecule has 0 aliphatic carbocycles. The Kier molecular flexibility index (Phi) is 9.26. The molecular weight excluding hydrogens is 352 g/mol. The Balaban J connectivity index is 1.74. The van der Waals surface area contributed by atoms with Gasteiger partial charge in [-0.3, -0.25) is 4.79 Å². The minimum Gasteiger partial charge on any atom is -0.494 e. The lowest BCUT2D eigenvalue weighted by Crippen LogP contribution is -2.42. The number of hydrogen-bond donors (Lipinski definition) is 1. The molecule has 0 saturated carbocycles. The Morgan fingerprint density at radius 3 is 2.64 bits per heavy atom. The van der Waals surface area contributed by atoms with Crippen LogP contribution in [0, 0.1) is 5.92 Å². The topological polar surface area (TPSA) is 50.8 Å². The number of carbonyl (C=O) groups excluding carboxylic acids is 1. The predicted octanol–water partition coefficient (Wildman–Crippen LogP) is 4.72. The lowest BCUT2D eigenvalue weighted by atomic mass is 10.0. The zero-order valence-corrected chi connectivity index (χ0v) is 18.1. The Morgan fingerprint density at radius 1 is 1.25 bits per heavy atom. The van der Waals surface area contributed by atoms with E-state index in [4.69, 9.17) is 9.47 Å². The second-order valence-corrected chi connectivity index (χ2v) is 8.16. The molecule has 0 bridgehead atoms. The summed E-state index contributed by atoms with van der Waals surface area (Å²) < 4.78 is 11.6. The normalized spacial score (nSPS) is 19.8. The van der Waals surface area contributed by atoms with Gasteiger partial charge >= 0.3 is 0 Å². The molecule has 1 fully saturated rings. The van der Waals surface area contributed by atoms with Gasteiger partial charge in [0, 0.05) is 25.4 Å². The van der Waals surface area contributed by atoms with Gasteiger partial charge in [0.05, 0.1) is 6.61 Å². The van der Waals surface area contributed by atoms with E-state index < -0.39 is 5.60 Å². The van der Waals surface area contributed by atoms with Gasteiger partial charge in [-0.2, -0.15) is 0 Å². The van der Waals surface area contributed by atoms with E-state index in [1.54, 1.807) is 0 Å². The summed E-state index contributed by atoms with van der Waals surface area (Å²) in [5.74, 6) is 1.55. The van der Waals surface area contributed by atoms with Gasteiger partial charge in [-0.25, -0.2) is 0 Å². The highest BCUT2D eigenvalue weighted by Gasteiger charge is 2.32. The van der Waals surface area contributed by atoms with Crippen LogP contribution in [0.5, 0.6) is 5.75 Å². The third-order valence-corrected chi connectivity index (χ3v) is 5.52. The maximum Gasteiger partial charge on any atom is 0.256 e. The average molecular weight is 391 g/mol. The van der Waals surface area contributed by atoms with Crippen molar-refractivity contribution in [3.05, 3.63) is 24.3 Å². The molecule has 5 nitrogen and oxygen atoms in total. The summed E-state index contributed by atoms with van der Waals surface area (Å²) in [7, 11) is 0. The van der Waals surface area contributed by atoms with Crippen LogP contribution in [0.4, 0.5) is 5.69 Å². The molecule has 1 aromatic rings. The summed E-state index contributed by atoms with van der Waals surface area (Å²) in [5, 5.41) is 2.96. The van der Waals surface area contributed by atoms with E-state index in [-0.39, 0.29) is 5.91 Å². The SMILES string of the molecule is CCCOC(C)(CC)C(=O)Nc1ccc(OCCCN2CCCC(C)C2)cc1. The first-order valence-electron chi connectivity index (χ1n) is 10.9. The monoisotopic (exact) mass is 390 g/mol. The molecule has 1 aliphatic rings. The van der Waals surface area contributed by atoms with Crippen LogP contribution in [0.3, 0.4) is 0 Å². The summed E-state index contributed by atoms with van der Waals surface area (Å²) in [6.45, 7) is 13.0. The standard InChI is InChI=1S/C23H38N2O3/c1-5-16-28-23(4,6-2)22(26)24-20-10-12-21(13-11-20)27-17-8-15-25-14-7-9-19(3)18-25/h10-13,19H,5-9,14-18H2,1-4H3,(H,24,26). The van der Waals surface area contributed by atoms with Crippen LogP contribution in [0.25, 0.3) is 0 Å². The smallest absolute Gasteiger partial charge is 0.256 e. The van der Waals surface area contributed by atoms with Gasteiger partial charge in [0.25, 0.3) is 5.91 Å². The Morgan fingerprint density at radius 2 is 2.00 bits per heavy atom. The largest absolute Gasteiger partial charge is 0.494 e. The quantitative estimate of drug-likeness (QED) is 0.556. The fourth-order valence-corrected chi connectivity index (χ4v) is 3.52. The van der Waals surface area contributed by atoms with Gasteiger partial charge in [0.15, 0.2) is 0 Å². The van der Waals surface area contributed by atoms with Crippen LogP contribution in [0.15, 0.2) is 24.3 Å². The number of nitrogens with zero attached hydrogens (tertiary/aromatic N) is 1. The third kappa shape index (κ3) is 7.10. The molecule has 0 radical (unpaired) electrons. The first kappa shape index (κ1) is 22.7. The maximum absolute atomic E-state index is 12.6. The second-order valence-electron chi connectivity index (χ2n) is 8.16. The van der Waals surface area contributed by atoms with Crippen LogP contribution in [0.2, 0.25) is 0 Å². The molecule has 1 heterocycles. The number of benzene rings is 1. The van der Waals surface area contributed by atoms with Crippen molar-refractivity contribution < 1.29 is 14.3 Å². The molecule has 2 unspecified atom stereocenters. The van der Waals surface area contributed by atoms with E-state index in [0.29, 0.717) is 13.0 Å². The lowest BCUT2D eigenvalue weighted by molar-refractivity contribution is -0.139. The molecule has 158 valence electrons. The van der Waals surface area contributed by atoms with Crippen molar-refractivity contribution in [2.45, 2.75) is 65.4 Å². The number of likely N-dealkylation sites (tertiary alicyclic amines) is 1. The fourth-order valence-electron chi connectivity index (χ4n) is 3.52. The van der Waals surface area contributed by atoms with Crippen LogP contribution in [0.1, 0.15) is 59.8 Å². The minimum absolute atomic E-state index is 0.104. The van der Waals surface area contributed by atoms with E-state index >= 15 is 0 Å². The lowest BCUT2D eigenvalue weighted by Gasteiger charge is -2.30. The van der Waals surface area contributed by atoms with Crippen molar-refractivity contribution in [2.75, 3.05) is 38.2 Å². The van der Waals surface area contributed by atoms with Gasteiger partial charge in [-0.1, -0.05) is 20.8 Å². The average Bonchev–Trinajstić information content (AvgIpc) is 2.70. The summed E-state index contributed by atoms with van der Waals surface area (Å²) in [6, 6.07) is 7.59. The van der Waals surface area contributed by atoms with Crippen molar-refractivity contribution in [2.24, 2.45) is 5.92 Å². The number of ether oxygens (including phenoxy) is 2. The van der Waals surface area contributed by atoms with Crippen LogP contribution in [-0.2, 0) is 9.53 Å². The van der Waals surface area contributed by atoms with E-state index in [0.717, 1.165) is 43.3 Å². The summed E-state index contributed by atoms with van der Waals surface area (Å²) in [5.41, 5.74) is -0.0312. The summed E-state index contributed by atoms with van der Waals surface area (Å²) >= 11 is 0. The third-order valence-electron chi connectivity index (χ3n) is 5.52. The molecule has 0 spiro atoms. The van der Waals surface area contributed by atoms with Gasteiger partial charge in [-0.05, 0) is 75.8 Å². The molecule has 5 heteroatoms. The van der Waals surface area contributed by atoms with Crippen molar-refractivity contribution in [1.29, 1.82) is 0 Å². The molecule has 1 saturated heterocycles. The van der Waals surface area contributed by atoms with Crippen LogP contribution >= 0.6 is 0 Å². The van der Waals surface area contributed by atoms with Gasteiger partial charge in [-0.15, -0.1) is 0 Å². The number of piperidine rings is 1. The highest BCUT2D eigenvalue weighted by atomic mass is 16.5. The Labute approximate surface area is 170 Å².